The minimum absolute atomic E-state index is 0.186. The van der Waals surface area contributed by atoms with Crippen molar-refractivity contribution in [3.8, 4) is 17.2 Å². The Morgan fingerprint density at radius 3 is 2.88 bits per heavy atom. The van der Waals surface area contributed by atoms with Crippen LogP contribution in [-0.2, 0) is 6.42 Å². The SMILES string of the molecule is Cc1cc(-c2cncc(F)c2)cc(C(=O)Nc2nc(CC#N)cs2)n1. The van der Waals surface area contributed by atoms with Gasteiger partial charge in [-0.25, -0.2) is 14.4 Å². The molecule has 0 aromatic carbocycles. The van der Waals surface area contributed by atoms with Gasteiger partial charge in [-0.05, 0) is 30.7 Å². The minimum Gasteiger partial charge on any atom is -0.296 e. The van der Waals surface area contributed by atoms with E-state index in [9.17, 15) is 9.18 Å². The van der Waals surface area contributed by atoms with Gasteiger partial charge in [0, 0.05) is 22.8 Å². The zero-order valence-electron chi connectivity index (χ0n) is 13.2. The molecular weight excluding hydrogens is 341 g/mol. The summed E-state index contributed by atoms with van der Waals surface area (Å²) in [6.45, 7) is 1.75. The molecule has 0 saturated heterocycles. The first kappa shape index (κ1) is 16.7. The van der Waals surface area contributed by atoms with Crippen LogP contribution in [0.1, 0.15) is 21.9 Å². The Labute approximate surface area is 147 Å². The number of thiazole rings is 1. The van der Waals surface area contributed by atoms with Gasteiger partial charge in [0.1, 0.15) is 11.5 Å². The molecule has 124 valence electrons. The first-order valence-corrected chi connectivity index (χ1v) is 8.15. The van der Waals surface area contributed by atoms with E-state index >= 15 is 0 Å². The van der Waals surface area contributed by atoms with Gasteiger partial charge in [0.15, 0.2) is 5.13 Å². The Bertz CT molecular complexity index is 979. The Hall–Kier alpha value is -3.18. The van der Waals surface area contributed by atoms with Crippen LogP contribution in [0, 0.1) is 24.1 Å². The van der Waals surface area contributed by atoms with Gasteiger partial charge in [-0.3, -0.25) is 15.1 Å². The molecule has 25 heavy (non-hydrogen) atoms. The molecule has 0 aliphatic rings. The molecule has 3 aromatic rings. The molecule has 0 saturated carbocycles. The van der Waals surface area contributed by atoms with Crippen molar-refractivity contribution in [2.45, 2.75) is 13.3 Å². The highest BCUT2D eigenvalue weighted by atomic mass is 32.1. The lowest BCUT2D eigenvalue weighted by Crippen LogP contribution is -2.14. The lowest BCUT2D eigenvalue weighted by molar-refractivity contribution is 0.102. The lowest BCUT2D eigenvalue weighted by Gasteiger charge is -2.07. The second-order valence-corrected chi connectivity index (χ2v) is 6.07. The first-order chi connectivity index (χ1) is 12.0. The number of carbonyl (C=O) groups is 1. The number of carbonyl (C=O) groups excluding carboxylic acids is 1. The van der Waals surface area contributed by atoms with Gasteiger partial charge in [0.05, 0.1) is 24.4 Å². The number of aromatic nitrogens is 3. The van der Waals surface area contributed by atoms with Gasteiger partial charge in [0.2, 0.25) is 0 Å². The average molecular weight is 353 g/mol. The number of aryl methyl sites for hydroxylation is 1. The number of nitriles is 1. The molecule has 1 amide bonds. The summed E-state index contributed by atoms with van der Waals surface area (Å²) < 4.78 is 13.4. The topological polar surface area (TPSA) is 91.6 Å². The Morgan fingerprint density at radius 1 is 1.28 bits per heavy atom. The molecule has 0 atom stereocenters. The van der Waals surface area contributed by atoms with E-state index in [2.05, 4.69) is 20.3 Å². The molecule has 6 nitrogen and oxygen atoms in total. The van der Waals surface area contributed by atoms with E-state index in [1.807, 2.05) is 6.07 Å². The zero-order chi connectivity index (χ0) is 17.8. The van der Waals surface area contributed by atoms with E-state index in [4.69, 9.17) is 5.26 Å². The number of pyridine rings is 2. The number of hydrogen-bond acceptors (Lipinski definition) is 6. The van der Waals surface area contributed by atoms with Crippen LogP contribution in [0.15, 0.2) is 36.0 Å². The standard InChI is InChI=1S/C17H12FN5OS/c1-10-4-11(12-5-13(18)8-20-7-12)6-15(21-10)16(24)23-17-22-14(2-3-19)9-25-17/h4-9H,2H2,1H3,(H,22,23,24). The highest BCUT2D eigenvalue weighted by Crippen LogP contribution is 2.22. The predicted octanol–water partition coefficient (Wildman–Crippen LogP) is 3.37. The number of halogens is 1. The summed E-state index contributed by atoms with van der Waals surface area (Å²) in [6, 6.07) is 6.67. The minimum atomic E-state index is -0.453. The molecule has 0 aliphatic carbocycles. The largest absolute Gasteiger partial charge is 0.296 e. The Morgan fingerprint density at radius 2 is 2.12 bits per heavy atom. The maximum absolute atomic E-state index is 13.4. The van der Waals surface area contributed by atoms with Crippen molar-refractivity contribution >= 4 is 22.4 Å². The van der Waals surface area contributed by atoms with E-state index in [1.54, 1.807) is 24.4 Å². The number of hydrogen-bond donors (Lipinski definition) is 1. The van der Waals surface area contributed by atoms with Crippen molar-refractivity contribution in [3.05, 3.63) is 58.9 Å². The molecule has 3 rings (SSSR count). The molecule has 8 heteroatoms. The third kappa shape index (κ3) is 4.02. The van der Waals surface area contributed by atoms with E-state index in [0.29, 0.717) is 27.6 Å². The van der Waals surface area contributed by atoms with Crippen LogP contribution in [-0.4, -0.2) is 20.9 Å². The second-order valence-electron chi connectivity index (χ2n) is 5.21. The predicted molar refractivity (Wildman–Crippen MR) is 91.5 cm³/mol. The normalized spacial score (nSPS) is 10.3. The molecule has 3 aromatic heterocycles. The van der Waals surface area contributed by atoms with Crippen LogP contribution in [0.3, 0.4) is 0 Å². The molecule has 0 bridgehead atoms. The maximum atomic E-state index is 13.4. The fraction of sp³-hybridized carbons (Fsp3) is 0.118. The van der Waals surface area contributed by atoms with Crippen LogP contribution in [0.2, 0.25) is 0 Å². The molecule has 0 radical (unpaired) electrons. The summed E-state index contributed by atoms with van der Waals surface area (Å²) in [5, 5.41) is 13.4. The van der Waals surface area contributed by atoms with Gasteiger partial charge in [-0.2, -0.15) is 5.26 Å². The van der Waals surface area contributed by atoms with Gasteiger partial charge >= 0.3 is 0 Å². The van der Waals surface area contributed by atoms with Gasteiger partial charge < -0.3 is 0 Å². The number of anilines is 1. The third-order valence-electron chi connectivity index (χ3n) is 3.26. The van der Waals surface area contributed by atoms with E-state index in [-0.39, 0.29) is 12.1 Å². The van der Waals surface area contributed by atoms with E-state index < -0.39 is 11.7 Å². The van der Waals surface area contributed by atoms with Crippen molar-refractivity contribution in [3.63, 3.8) is 0 Å². The molecule has 0 aliphatic heterocycles. The van der Waals surface area contributed by atoms with Crippen molar-refractivity contribution in [1.29, 1.82) is 5.26 Å². The molecule has 3 heterocycles. The van der Waals surface area contributed by atoms with E-state index in [0.717, 1.165) is 6.20 Å². The highest BCUT2D eigenvalue weighted by Gasteiger charge is 2.13. The molecule has 0 unspecified atom stereocenters. The number of amides is 1. The Balaban J connectivity index is 1.86. The van der Waals surface area contributed by atoms with Crippen LogP contribution in [0.4, 0.5) is 9.52 Å². The van der Waals surface area contributed by atoms with Crippen molar-refractivity contribution in [2.75, 3.05) is 5.32 Å². The van der Waals surface area contributed by atoms with Gasteiger partial charge in [-0.1, -0.05) is 0 Å². The van der Waals surface area contributed by atoms with Crippen molar-refractivity contribution in [1.82, 2.24) is 15.0 Å². The van der Waals surface area contributed by atoms with Gasteiger partial charge in [-0.15, -0.1) is 11.3 Å². The molecular formula is C17H12FN5OS. The first-order valence-electron chi connectivity index (χ1n) is 7.27. The zero-order valence-corrected chi connectivity index (χ0v) is 14.0. The fourth-order valence-electron chi connectivity index (χ4n) is 2.21. The second kappa shape index (κ2) is 7.15. The highest BCUT2D eigenvalue weighted by molar-refractivity contribution is 7.14. The molecule has 0 fully saturated rings. The van der Waals surface area contributed by atoms with Gasteiger partial charge in [0.25, 0.3) is 5.91 Å². The van der Waals surface area contributed by atoms with Crippen molar-refractivity contribution in [2.24, 2.45) is 0 Å². The number of nitrogens with zero attached hydrogens (tertiary/aromatic N) is 4. The molecule has 1 N–H and O–H groups in total. The summed E-state index contributed by atoms with van der Waals surface area (Å²) in [7, 11) is 0. The summed E-state index contributed by atoms with van der Waals surface area (Å²) in [6.07, 6.45) is 2.83. The summed E-state index contributed by atoms with van der Waals surface area (Å²) >= 11 is 1.24. The van der Waals surface area contributed by atoms with Crippen LogP contribution in [0.5, 0.6) is 0 Å². The number of nitrogens with one attached hydrogen (secondary N) is 1. The summed E-state index contributed by atoms with van der Waals surface area (Å²) in [5.41, 5.74) is 2.62. The molecule has 0 spiro atoms. The van der Waals surface area contributed by atoms with E-state index in [1.165, 1.54) is 23.6 Å². The fourth-order valence-corrected chi connectivity index (χ4v) is 2.91. The summed E-state index contributed by atoms with van der Waals surface area (Å²) in [4.78, 5) is 24.6. The maximum Gasteiger partial charge on any atom is 0.276 e. The quantitative estimate of drug-likeness (QED) is 0.776. The summed E-state index contributed by atoms with van der Waals surface area (Å²) in [5.74, 6) is -0.877. The van der Waals surface area contributed by atoms with Crippen molar-refractivity contribution < 1.29 is 9.18 Å². The number of rotatable bonds is 4. The third-order valence-corrected chi connectivity index (χ3v) is 4.06. The van der Waals surface area contributed by atoms with Crippen LogP contribution < -0.4 is 5.32 Å². The van der Waals surface area contributed by atoms with Crippen LogP contribution >= 0.6 is 11.3 Å². The Kier molecular flexibility index (Phi) is 4.77. The smallest absolute Gasteiger partial charge is 0.276 e. The van der Waals surface area contributed by atoms with Crippen LogP contribution in [0.25, 0.3) is 11.1 Å². The lowest BCUT2D eigenvalue weighted by atomic mass is 10.1. The average Bonchev–Trinajstić information content (AvgIpc) is 3.01. The monoisotopic (exact) mass is 353 g/mol.